The van der Waals surface area contributed by atoms with E-state index in [1.54, 1.807) is 20.8 Å². The van der Waals surface area contributed by atoms with E-state index < -0.39 is 5.79 Å². The minimum absolute atomic E-state index is 0.0174. The fourth-order valence-electron chi connectivity index (χ4n) is 3.04. The van der Waals surface area contributed by atoms with Crippen LogP contribution in [0.25, 0.3) is 10.9 Å². The maximum atomic E-state index is 12.1. The van der Waals surface area contributed by atoms with Crippen molar-refractivity contribution in [3.63, 3.8) is 0 Å². The molecule has 1 aliphatic rings. The molecule has 1 aromatic carbocycles. The van der Waals surface area contributed by atoms with Gasteiger partial charge in [0.2, 0.25) is 5.79 Å². The Labute approximate surface area is 148 Å². The van der Waals surface area contributed by atoms with Gasteiger partial charge in [-0.05, 0) is 31.5 Å². The Morgan fingerprint density at radius 3 is 2.72 bits per heavy atom. The van der Waals surface area contributed by atoms with Gasteiger partial charge in [-0.15, -0.1) is 0 Å². The number of pyridine rings is 1. The third kappa shape index (κ3) is 3.58. The van der Waals surface area contributed by atoms with Crippen LogP contribution in [0.2, 0.25) is 0 Å². The van der Waals surface area contributed by atoms with Gasteiger partial charge in [-0.25, -0.2) is 4.79 Å². The fourth-order valence-corrected chi connectivity index (χ4v) is 3.04. The quantitative estimate of drug-likeness (QED) is 0.590. The van der Waals surface area contributed by atoms with Crippen LogP contribution in [-0.2, 0) is 14.3 Å². The van der Waals surface area contributed by atoms with E-state index in [1.165, 1.54) is 0 Å². The van der Waals surface area contributed by atoms with E-state index in [0.717, 1.165) is 22.0 Å². The molecule has 130 valence electrons. The number of esters is 1. The van der Waals surface area contributed by atoms with Gasteiger partial charge in [-0.2, -0.15) is 0 Å². The summed E-state index contributed by atoms with van der Waals surface area (Å²) in [6.07, 6.45) is 2.43. The Balaban J connectivity index is 1.97. The Bertz CT molecular complexity index is 880. The van der Waals surface area contributed by atoms with Crippen molar-refractivity contribution >= 4 is 16.9 Å². The number of hydrogen-bond donors (Lipinski definition) is 0. The monoisotopic (exact) mass is 337 g/mol. The van der Waals surface area contributed by atoms with Gasteiger partial charge in [0, 0.05) is 37.8 Å². The van der Waals surface area contributed by atoms with Crippen LogP contribution in [0, 0.1) is 0 Å². The Morgan fingerprint density at radius 2 is 2.00 bits per heavy atom. The lowest BCUT2D eigenvalue weighted by molar-refractivity contribution is -0.208. The van der Waals surface area contributed by atoms with Crippen LogP contribution in [0.4, 0.5) is 0 Å². The van der Waals surface area contributed by atoms with E-state index in [-0.39, 0.29) is 11.9 Å². The van der Waals surface area contributed by atoms with E-state index in [9.17, 15) is 4.79 Å². The molecule has 0 spiro atoms. The van der Waals surface area contributed by atoms with Crippen LogP contribution in [0.15, 0.2) is 60.0 Å². The molecular weight excluding hydrogens is 314 g/mol. The zero-order chi connectivity index (χ0) is 18.2. The highest BCUT2D eigenvalue weighted by Crippen LogP contribution is 2.36. The minimum atomic E-state index is -0.951. The van der Waals surface area contributed by atoms with Crippen LogP contribution in [0.1, 0.15) is 45.6 Å². The summed E-state index contributed by atoms with van der Waals surface area (Å²) in [5.41, 5.74) is 3.53. The lowest BCUT2D eigenvalue weighted by atomic mass is 9.88. The van der Waals surface area contributed by atoms with E-state index >= 15 is 0 Å². The molecule has 0 amide bonds. The second-order valence-electron chi connectivity index (χ2n) is 7.00. The summed E-state index contributed by atoms with van der Waals surface area (Å²) in [4.78, 5) is 16.6. The number of carbonyl (C=O) groups excluding carboxylic acids is 1. The third-order valence-electron chi connectivity index (χ3n) is 4.43. The highest BCUT2D eigenvalue weighted by atomic mass is 16.7. The van der Waals surface area contributed by atoms with Gasteiger partial charge >= 0.3 is 5.97 Å². The molecule has 1 atom stereocenters. The van der Waals surface area contributed by atoms with Crippen molar-refractivity contribution in [2.45, 2.75) is 45.8 Å². The van der Waals surface area contributed by atoms with E-state index in [2.05, 4.69) is 17.6 Å². The largest absolute Gasteiger partial charge is 0.457 e. The first kappa shape index (κ1) is 17.2. The van der Waals surface area contributed by atoms with E-state index in [0.29, 0.717) is 17.8 Å². The van der Waals surface area contributed by atoms with E-state index in [1.807, 2.05) is 37.4 Å². The van der Waals surface area contributed by atoms with Gasteiger partial charge in [0.25, 0.3) is 0 Å². The number of hydrogen-bond acceptors (Lipinski definition) is 4. The molecule has 0 radical (unpaired) electrons. The molecule has 1 aliphatic heterocycles. The molecule has 0 bridgehead atoms. The highest BCUT2D eigenvalue weighted by molar-refractivity contribution is 5.89. The van der Waals surface area contributed by atoms with Gasteiger partial charge < -0.3 is 9.47 Å². The molecule has 0 saturated heterocycles. The number of nitrogens with zero attached hydrogens (tertiary/aromatic N) is 1. The average Bonchev–Trinajstić information content (AvgIpc) is 2.55. The predicted molar refractivity (Wildman–Crippen MR) is 97.9 cm³/mol. The topological polar surface area (TPSA) is 48.4 Å². The smallest absolute Gasteiger partial charge is 0.340 e. The molecule has 25 heavy (non-hydrogen) atoms. The van der Waals surface area contributed by atoms with Crippen molar-refractivity contribution < 1.29 is 14.3 Å². The van der Waals surface area contributed by atoms with Crippen LogP contribution in [0.5, 0.6) is 0 Å². The Morgan fingerprint density at radius 1 is 1.28 bits per heavy atom. The SMILES string of the molecule is C=C(C)[C@H](CC1=C(C)C(=O)OC(C)(C)O1)c1cnc2ccccc2c1. The second kappa shape index (κ2) is 6.36. The Hall–Kier alpha value is -2.62. The number of carbonyl (C=O) groups is 1. The lowest BCUT2D eigenvalue weighted by Gasteiger charge is -2.34. The predicted octanol–water partition coefficient (Wildman–Crippen LogP) is 4.87. The first-order valence-corrected chi connectivity index (χ1v) is 8.39. The normalized spacial score (nSPS) is 17.8. The second-order valence-corrected chi connectivity index (χ2v) is 7.00. The number of allylic oxidation sites excluding steroid dienone is 2. The Kier molecular flexibility index (Phi) is 4.38. The van der Waals surface area contributed by atoms with Crippen LogP contribution in [0.3, 0.4) is 0 Å². The highest BCUT2D eigenvalue weighted by Gasteiger charge is 2.35. The average molecular weight is 337 g/mol. The van der Waals surface area contributed by atoms with Crippen molar-refractivity contribution in [3.05, 3.63) is 65.6 Å². The molecule has 0 fully saturated rings. The van der Waals surface area contributed by atoms with Crippen molar-refractivity contribution in [3.8, 4) is 0 Å². The number of para-hydroxylation sites is 1. The van der Waals surface area contributed by atoms with Gasteiger partial charge in [-0.1, -0.05) is 30.4 Å². The summed E-state index contributed by atoms with van der Waals surface area (Å²) in [6, 6.07) is 10.1. The summed E-state index contributed by atoms with van der Waals surface area (Å²) in [5, 5.41) is 1.08. The van der Waals surface area contributed by atoms with Crippen molar-refractivity contribution in [1.29, 1.82) is 0 Å². The van der Waals surface area contributed by atoms with Crippen molar-refractivity contribution in [2.75, 3.05) is 0 Å². The molecule has 2 heterocycles. The molecule has 0 unspecified atom stereocenters. The van der Waals surface area contributed by atoms with E-state index in [4.69, 9.17) is 9.47 Å². The summed E-state index contributed by atoms with van der Waals surface area (Å²) in [5.74, 6) is -0.609. The third-order valence-corrected chi connectivity index (χ3v) is 4.43. The number of benzene rings is 1. The molecule has 4 nitrogen and oxygen atoms in total. The zero-order valence-corrected chi connectivity index (χ0v) is 15.1. The molecule has 0 N–H and O–H groups in total. The zero-order valence-electron chi connectivity index (χ0n) is 15.1. The summed E-state index contributed by atoms with van der Waals surface area (Å²) in [7, 11) is 0. The number of fused-ring (bicyclic) bond motifs is 1. The summed E-state index contributed by atoms with van der Waals surface area (Å²) >= 11 is 0. The maximum Gasteiger partial charge on any atom is 0.340 e. The molecule has 2 aromatic rings. The standard InChI is InChI=1S/C21H23NO3/c1-13(2)17(11-19-14(3)20(23)25-21(4,5)24-19)16-10-15-8-6-7-9-18(15)22-12-16/h6-10,12,17H,1,11H2,2-5H3/t17-/m0/s1. The van der Waals surface area contributed by atoms with Crippen LogP contribution < -0.4 is 0 Å². The summed E-state index contributed by atoms with van der Waals surface area (Å²) < 4.78 is 11.2. The molecule has 4 heteroatoms. The molecular formula is C21H23NO3. The number of ether oxygens (including phenoxy) is 2. The van der Waals surface area contributed by atoms with Crippen LogP contribution >= 0.6 is 0 Å². The number of rotatable bonds is 4. The molecule has 3 rings (SSSR count). The molecule has 0 saturated carbocycles. The van der Waals surface area contributed by atoms with Crippen molar-refractivity contribution in [2.24, 2.45) is 0 Å². The van der Waals surface area contributed by atoms with Crippen molar-refractivity contribution in [1.82, 2.24) is 4.98 Å². The van der Waals surface area contributed by atoms with Gasteiger partial charge in [0.05, 0.1) is 11.1 Å². The van der Waals surface area contributed by atoms with Gasteiger partial charge in [-0.3, -0.25) is 4.98 Å². The first-order valence-electron chi connectivity index (χ1n) is 8.39. The number of cyclic esters (lactones) is 1. The minimum Gasteiger partial charge on any atom is -0.457 e. The van der Waals surface area contributed by atoms with Gasteiger partial charge in [0.15, 0.2) is 0 Å². The first-order chi connectivity index (χ1) is 11.8. The maximum absolute atomic E-state index is 12.1. The fraction of sp³-hybridized carbons (Fsp3) is 0.333. The van der Waals surface area contributed by atoms with Crippen LogP contribution in [-0.4, -0.2) is 16.7 Å². The summed E-state index contributed by atoms with van der Waals surface area (Å²) in [6.45, 7) is 11.3. The number of aromatic nitrogens is 1. The van der Waals surface area contributed by atoms with Gasteiger partial charge in [0.1, 0.15) is 5.76 Å². The molecule has 1 aromatic heterocycles. The molecule has 0 aliphatic carbocycles. The lowest BCUT2D eigenvalue weighted by Crippen LogP contribution is -2.36.